The summed E-state index contributed by atoms with van der Waals surface area (Å²) in [5.41, 5.74) is 3.98. The molecule has 1 unspecified atom stereocenters. The van der Waals surface area contributed by atoms with E-state index in [1.165, 1.54) is 6.92 Å². The molecule has 0 saturated carbocycles. The third kappa shape index (κ3) is 2.57. The van der Waals surface area contributed by atoms with Gasteiger partial charge in [-0.2, -0.15) is 0 Å². The molecular formula is C12H17NO2. The second kappa shape index (κ2) is 4.45. The Kier molecular flexibility index (Phi) is 3.48. The molecule has 1 rings (SSSR count). The smallest absolute Gasteiger partial charge is 0.252 e. The van der Waals surface area contributed by atoms with Crippen molar-refractivity contribution in [2.75, 3.05) is 5.32 Å². The minimum atomic E-state index is -0.982. The normalized spacial score (nSPS) is 12.3. The molecule has 0 spiro atoms. The van der Waals surface area contributed by atoms with E-state index < -0.39 is 6.10 Å². The quantitative estimate of drug-likeness (QED) is 0.778. The van der Waals surface area contributed by atoms with Crippen molar-refractivity contribution in [1.29, 1.82) is 0 Å². The van der Waals surface area contributed by atoms with Gasteiger partial charge in [-0.15, -0.1) is 0 Å². The Bertz CT molecular complexity index is 383. The van der Waals surface area contributed by atoms with E-state index in [4.69, 9.17) is 5.11 Å². The molecule has 0 heterocycles. The summed E-state index contributed by atoms with van der Waals surface area (Å²) in [6.45, 7) is 7.34. The van der Waals surface area contributed by atoms with E-state index in [1.54, 1.807) is 0 Å². The lowest BCUT2D eigenvalue weighted by atomic mass is 10.0. The number of carbonyl (C=O) groups excluding carboxylic acids is 1. The standard InChI is InChI=1S/C12H17NO2/c1-7-5-6-8(2)11(9(7)3)13-12(15)10(4)14/h5-6,10,14H,1-4H3,(H,13,15). The topological polar surface area (TPSA) is 49.3 Å². The molecule has 1 atom stereocenters. The molecule has 1 amide bonds. The highest BCUT2D eigenvalue weighted by atomic mass is 16.3. The fourth-order valence-electron chi connectivity index (χ4n) is 1.37. The van der Waals surface area contributed by atoms with E-state index in [2.05, 4.69) is 5.32 Å². The molecule has 3 nitrogen and oxygen atoms in total. The Morgan fingerprint density at radius 3 is 2.33 bits per heavy atom. The third-order valence-corrected chi connectivity index (χ3v) is 2.57. The predicted molar refractivity (Wildman–Crippen MR) is 61.0 cm³/mol. The van der Waals surface area contributed by atoms with Gasteiger partial charge in [0.1, 0.15) is 6.10 Å². The Hall–Kier alpha value is -1.35. The highest BCUT2D eigenvalue weighted by Gasteiger charge is 2.12. The molecule has 1 aromatic carbocycles. The van der Waals surface area contributed by atoms with Crippen LogP contribution in [0.5, 0.6) is 0 Å². The van der Waals surface area contributed by atoms with Crippen molar-refractivity contribution in [1.82, 2.24) is 0 Å². The van der Waals surface area contributed by atoms with Crippen molar-refractivity contribution < 1.29 is 9.90 Å². The number of nitrogens with one attached hydrogen (secondary N) is 1. The van der Waals surface area contributed by atoms with Crippen LogP contribution in [-0.2, 0) is 4.79 Å². The summed E-state index contributed by atoms with van der Waals surface area (Å²) < 4.78 is 0. The van der Waals surface area contributed by atoms with Crippen LogP contribution >= 0.6 is 0 Å². The predicted octanol–water partition coefficient (Wildman–Crippen LogP) is 1.93. The molecule has 0 radical (unpaired) electrons. The van der Waals surface area contributed by atoms with Gasteiger partial charge in [0.2, 0.25) is 0 Å². The highest BCUT2D eigenvalue weighted by molar-refractivity contribution is 5.95. The zero-order valence-electron chi connectivity index (χ0n) is 9.59. The first kappa shape index (κ1) is 11.7. The number of aliphatic hydroxyl groups excluding tert-OH is 1. The second-order valence-corrected chi connectivity index (χ2v) is 3.86. The van der Waals surface area contributed by atoms with E-state index >= 15 is 0 Å². The largest absolute Gasteiger partial charge is 0.384 e. The Morgan fingerprint density at radius 2 is 1.80 bits per heavy atom. The Labute approximate surface area is 90.1 Å². The lowest BCUT2D eigenvalue weighted by Crippen LogP contribution is -2.25. The van der Waals surface area contributed by atoms with Crippen molar-refractivity contribution in [2.24, 2.45) is 0 Å². The van der Waals surface area contributed by atoms with Crippen LogP contribution in [0.3, 0.4) is 0 Å². The second-order valence-electron chi connectivity index (χ2n) is 3.86. The average molecular weight is 207 g/mol. The van der Waals surface area contributed by atoms with Gasteiger partial charge in [-0.05, 0) is 44.4 Å². The minimum absolute atomic E-state index is 0.369. The average Bonchev–Trinajstić information content (AvgIpc) is 2.18. The zero-order chi connectivity index (χ0) is 11.6. The van der Waals surface area contributed by atoms with Crippen molar-refractivity contribution in [3.8, 4) is 0 Å². The monoisotopic (exact) mass is 207 g/mol. The maximum Gasteiger partial charge on any atom is 0.252 e. The lowest BCUT2D eigenvalue weighted by Gasteiger charge is -2.14. The number of benzene rings is 1. The van der Waals surface area contributed by atoms with Crippen molar-refractivity contribution in [3.05, 3.63) is 28.8 Å². The van der Waals surface area contributed by atoms with Crippen LogP contribution in [0.2, 0.25) is 0 Å². The summed E-state index contributed by atoms with van der Waals surface area (Å²) >= 11 is 0. The Balaban J connectivity index is 3.04. The molecule has 0 bridgehead atoms. The summed E-state index contributed by atoms with van der Waals surface area (Å²) in [7, 11) is 0. The molecule has 82 valence electrons. The van der Waals surface area contributed by atoms with Crippen LogP contribution < -0.4 is 5.32 Å². The summed E-state index contributed by atoms with van der Waals surface area (Å²) in [6, 6.07) is 3.97. The zero-order valence-corrected chi connectivity index (χ0v) is 9.59. The molecule has 0 saturated heterocycles. The van der Waals surface area contributed by atoms with E-state index in [-0.39, 0.29) is 5.91 Å². The number of aliphatic hydroxyl groups is 1. The van der Waals surface area contributed by atoms with Crippen LogP contribution in [0, 0.1) is 20.8 Å². The first-order chi connectivity index (χ1) is 6.93. The van der Waals surface area contributed by atoms with Gasteiger partial charge >= 0.3 is 0 Å². The van der Waals surface area contributed by atoms with Crippen LogP contribution in [0.4, 0.5) is 5.69 Å². The van der Waals surface area contributed by atoms with Gasteiger partial charge in [-0.3, -0.25) is 4.79 Å². The molecule has 0 aliphatic carbocycles. The van der Waals surface area contributed by atoms with Crippen LogP contribution in [-0.4, -0.2) is 17.1 Å². The van der Waals surface area contributed by atoms with Crippen molar-refractivity contribution in [2.45, 2.75) is 33.8 Å². The lowest BCUT2D eigenvalue weighted by molar-refractivity contribution is -0.123. The maximum atomic E-state index is 11.4. The highest BCUT2D eigenvalue weighted by Crippen LogP contribution is 2.23. The van der Waals surface area contributed by atoms with Gasteiger partial charge < -0.3 is 10.4 Å². The summed E-state index contributed by atoms with van der Waals surface area (Å²) in [5.74, 6) is -0.369. The molecule has 15 heavy (non-hydrogen) atoms. The number of rotatable bonds is 2. The summed E-state index contributed by atoms with van der Waals surface area (Å²) in [5, 5.41) is 11.9. The van der Waals surface area contributed by atoms with E-state index in [0.717, 1.165) is 22.4 Å². The number of hydrogen-bond acceptors (Lipinski definition) is 2. The minimum Gasteiger partial charge on any atom is -0.384 e. The molecule has 1 aromatic rings. The van der Waals surface area contributed by atoms with Gasteiger partial charge in [-0.1, -0.05) is 12.1 Å². The Morgan fingerprint density at radius 1 is 1.27 bits per heavy atom. The fraction of sp³-hybridized carbons (Fsp3) is 0.417. The number of carbonyl (C=O) groups is 1. The van der Waals surface area contributed by atoms with Gasteiger partial charge in [0.15, 0.2) is 0 Å². The fourth-order valence-corrected chi connectivity index (χ4v) is 1.37. The molecule has 2 N–H and O–H groups in total. The van der Waals surface area contributed by atoms with E-state index in [1.807, 2.05) is 32.9 Å². The van der Waals surface area contributed by atoms with Crippen LogP contribution in [0.15, 0.2) is 12.1 Å². The first-order valence-corrected chi connectivity index (χ1v) is 4.99. The molecule has 0 aliphatic rings. The van der Waals surface area contributed by atoms with E-state index in [0.29, 0.717) is 0 Å². The van der Waals surface area contributed by atoms with Gasteiger partial charge in [0.05, 0.1) is 0 Å². The number of amides is 1. The van der Waals surface area contributed by atoms with Crippen LogP contribution in [0.1, 0.15) is 23.6 Å². The number of anilines is 1. The maximum absolute atomic E-state index is 11.4. The first-order valence-electron chi connectivity index (χ1n) is 4.99. The van der Waals surface area contributed by atoms with E-state index in [9.17, 15) is 4.79 Å². The number of aryl methyl sites for hydroxylation is 2. The molecular weight excluding hydrogens is 190 g/mol. The summed E-state index contributed by atoms with van der Waals surface area (Å²) in [6.07, 6.45) is -0.982. The number of hydrogen-bond donors (Lipinski definition) is 2. The summed E-state index contributed by atoms with van der Waals surface area (Å²) in [4.78, 5) is 11.4. The molecule has 3 heteroatoms. The van der Waals surface area contributed by atoms with Crippen molar-refractivity contribution >= 4 is 11.6 Å². The van der Waals surface area contributed by atoms with Gasteiger partial charge in [0.25, 0.3) is 5.91 Å². The molecule has 0 fully saturated rings. The van der Waals surface area contributed by atoms with Gasteiger partial charge in [0, 0.05) is 5.69 Å². The van der Waals surface area contributed by atoms with Crippen LogP contribution in [0.25, 0.3) is 0 Å². The molecule has 0 aromatic heterocycles. The van der Waals surface area contributed by atoms with Crippen molar-refractivity contribution in [3.63, 3.8) is 0 Å². The molecule has 0 aliphatic heterocycles. The van der Waals surface area contributed by atoms with Gasteiger partial charge in [-0.25, -0.2) is 0 Å². The SMILES string of the molecule is Cc1ccc(C)c(NC(=O)C(C)O)c1C. The third-order valence-electron chi connectivity index (χ3n) is 2.57.